The molecule has 5 nitrogen and oxygen atoms in total. The molecule has 0 bridgehead atoms. The van der Waals surface area contributed by atoms with Crippen LogP contribution in [0.5, 0.6) is 0 Å². The van der Waals surface area contributed by atoms with Gasteiger partial charge in [0.15, 0.2) is 11.0 Å². The van der Waals surface area contributed by atoms with E-state index in [1.54, 1.807) is 6.26 Å². The van der Waals surface area contributed by atoms with Crippen molar-refractivity contribution in [1.29, 1.82) is 0 Å². The summed E-state index contributed by atoms with van der Waals surface area (Å²) in [5.74, 6) is -0.0449. The Labute approximate surface area is 110 Å². The molecule has 2 heterocycles. The zero-order valence-electron chi connectivity index (χ0n) is 9.64. The Balaban J connectivity index is 2.50. The van der Waals surface area contributed by atoms with E-state index >= 15 is 0 Å². The first kappa shape index (κ1) is 13.5. The molecule has 0 amide bonds. The fraction of sp³-hybridized carbons (Fsp3) is 0.200. The molecule has 0 unspecified atom stereocenters. The SMILES string of the molecule is CSc1nc(N)nc(-c2cccc(C(F)(F)F)n2)n1. The van der Waals surface area contributed by atoms with Gasteiger partial charge in [-0.25, -0.2) is 9.97 Å². The Bertz CT molecular complexity index is 602. The van der Waals surface area contributed by atoms with Gasteiger partial charge in [-0.3, -0.25) is 0 Å². The first-order chi connectivity index (χ1) is 8.90. The summed E-state index contributed by atoms with van der Waals surface area (Å²) < 4.78 is 37.7. The number of nitrogen functional groups attached to an aromatic ring is 1. The number of hydrogen-bond acceptors (Lipinski definition) is 6. The highest BCUT2D eigenvalue weighted by atomic mass is 32.2. The van der Waals surface area contributed by atoms with Crippen LogP contribution in [0.1, 0.15) is 5.69 Å². The van der Waals surface area contributed by atoms with Gasteiger partial charge in [0.25, 0.3) is 0 Å². The van der Waals surface area contributed by atoms with Crippen LogP contribution in [0.4, 0.5) is 19.1 Å². The number of thioether (sulfide) groups is 1. The lowest BCUT2D eigenvalue weighted by Gasteiger charge is -2.07. The lowest BCUT2D eigenvalue weighted by Crippen LogP contribution is -2.09. The van der Waals surface area contributed by atoms with Crippen LogP contribution >= 0.6 is 11.8 Å². The third-order valence-electron chi connectivity index (χ3n) is 2.08. The average molecular weight is 287 g/mol. The summed E-state index contributed by atoms with van der Waals surface area (Å²) in [6, 6.07) is 3.50. The molecule has 0 aliphatic heterocycles. The van der Waals surface area contributed by atoms with Crippen LogP contribution in [0.2, 0.25) is 0 Å². The molecule has 2 N–H and O–H groups in total. The van der Waals surface area contributed by atoms with Gasteiger partial charge in [0.1, 0.15) is 11.4 Å². The average Bonchev–Trinajstić information content (AvgIpc) is 2.37. The molecule has 0 atom stereocenters. The number of nitrogens with two attached hydrogens (primary N) is 1. The van der Waals surface area contributed by atoms with Crippen LogP contribution in [0.25, 0.3) is 11.5 Å². The Kier molecular flexibility index (Phi) is 3.56. The second kappa shape index (κ2) is 5.00. The second-order valence-corrected chi connectivity index (χ2v) is 4.18. The van der Waals surface area contributed by atoms with E-state index in [-0.39, 0.29) is 17.5 Å². The number of aromatic nitrogens is 4. The zero-order chi connectivity index (χ0) is 14.0. The van der Waals surface area contributed by atoms with Crippen molar-refractivity contribution < 1.29 is 13.2 Å². The number of rotatable bonds is 2. The molecule has 2 rings (SSSR count). The summed E-state index contributed by atoms with van der Waals surface area (Å²) in [5.41, 5.74) is 4.46. The van der Waals surface area contributed by atoms with Crippen molar-refractivity contribution in [2.75, 3.05) is 12.0 Å². The Morgan fingerprint density at radius 3 is 2.47 bits per heavy atom. The number of nitrogens with zero attached hydrogens (tertiary/aromatic N) is 4. The van der Waals surface area contributed by atoms with Crippen LogP contribution in [-0.4, -0.2) is 26.2 Å². The highest BCUT2D eigenvalue weighted by Crippen LogP contribution is 2.28. The quantitative estimate of drug-likeness (QED) is 0.854. The van der Waals surface area contributed by atoms with Crippen molar-refractivity contribution in [1.82, 2.24) is 19.9 Å². The van der Waals surface area contributed by atoms with Gasteiger partial charge in [-0.2, -0.15) is 23.1 Å². The van der Waals surface area contributed by atoms with E-state index in [1.807, 2.05) is 0 Å². The van der Waals surface area contributed by atoms with Gasteiger partial charge in [0.2, 0.25) is 5.95 Å². The van der Waals surface area contributed by atoms with Crippen molar-refractivity contribution >= 4 is 17.7 Å². The van der Waals surface area contributed by atoms with Crippen molar-refractivity contribution in [2.45, 2.75) is 11.3 Å². The maximum absolute atomic E-state index is 12.6. The van der Waals surface area contributed by atoms with E-state index in [1.165, 1.54) is 23.9 Å². The molecule has 0 fully saturated rings. The van der Waals surface area contributed by atoms with E-state index in [0.717, 1.165) is 6.07 Å². The Hall–Kier alpha value is -1.90. The second-order valence-electron chi connectivity index (χ2n) is 3.41. The molecule has 0 radical (unpaired) electrons. The molecule has 9 heteroatoms. The molecule has 0 spiro atoms. The minimum absolute atomic E-state index is 0.000718. The summed E-state index contributed by atoms with van der Waals surface area (Å²) in [6.45, 7) is 0. The molecule has 0 aliphatic rings. The van der Waals surface area contributed by atoms with Gasteiger partial charge in [0, 0.05) is 0 Å². The molecule has 0 saturated carbocycles. The molecule has 2 aromatic heterocycles. The smallest absolute Gasteiger partial charge is 0.368 e. The van der Waals surface area contributed by atoms with Gasteiger partial charge >= 0.3 is 6.18 Å². The molecule has 0 aromatic carbocycles. The maximum Gasteiger partial charge on any atom is 0.433 e. The maximum atomic E-state index is 12.6. The lowest BCUT2D eigenvalue weighted by molar-refractivity contribution is -0.141. The number of anilines is 1. The monoisotopic (exact) mass is 287 g/mol. The van der Waals surface area contributed by atoms with Crippen LogP contribution in [0.3, 0.4) is 0 Å². The number of pyridine rings is 1. The third kappa shape index (κ3) is 3.11. The Morgan fingerprint density at radius 2 is 1.84 bits per heavy atom. The molecular formula is C10H8F3N5S. The highest BCUT2D eigenvalue weighted by Gasteiger charge is 2.32. The van der Waals surface area contributed by atoms with Gasteiger partial charge in [-0.15, -0.1) is 0 Å². The first-order valence-corrected chi connectivity index (χ1v) is 6.23. The van der Waals surface area contributed by atoms with Gasteiger partial charge in [-0.1, -0.05) is 17.8 Å². The highest BCUT2D eigenvalue weighted by molar-refractivity contribution is 7.98. The van der Waals surface area contributed by atoms with Gasteiger partial charge in [-0.05, 0) is 18.4 Å². The third-order valence-corrected chi connectivity index (χ3v) is 2.63. The normalized spacial score (nSPS) is 11.6. The molecule has 0 aliphatic carbocycles. The summed E-state index contributed by atoms with van der Waals surface area (Å²) in [5, 5.41) is 0.321. The summed E-state index contributed by atoms with van der Waals surface area (Å²) >= 11 is 1.21. The summed E-state index contributed by atoms with van der Waals surface area (Å²) in [4.78, 5) is 15.1. The number of hydrogen-bond donors (Lipinski definition) is 1. The van der Waals surface area contributed by atoms with E-state index in [2.05, 4.69) is 19.9 Å². The molecule has 100 valence electrons. The number of alkyl halides is 3. The summed E-state index contributed by atoms with van der Waals surface area (Å²) in [6.07, 6.45) is -2.80. The van der Waals surface area contributed by atoms with Crippen molar-refractivity contribution in [3.05, 3.63) is 23.9 Å². The fourth-order valence-electron chi connectivity index (χ4n) is 1.30. The molecule has 0 saturated heterocycles. The van der Waals surface area contributed by atoms with E-state index < -0.39 is 11.9 Å². The van der Waals surface area contributed by atoms with Crippen LogP contribution in [0.15, 0.2) is 23.4 Å². The van der Waals surface area contributed by atoms with Crippen LogP contribution in [0, 0.1) is 0 Å². The van der Waals surface area contributed by atoms with E-state index in [0.29, 0.717) is 5.16 Å². The van der Waals surface area contributed by atoms with Crippen molar-refractivity contribution in [2.24, 2.45) is 0 Å². The van der Waals surface area contributed by atoms with Crippen molar-refractivity contribution in [3.8, 4) is 11.5 Å². The topological polar surface area (TPSA) is 77.6 Å². The first-order valence-electron chi connectivity index (χ1n) is 5.00. The van der Waals surface area contributed by atoms with Crippen molar-refractivity contribution in [3.63, 3.8) is 0 Å². The predicted octanol–water partition coefficient (Wildman–Crippen LogP) is 2.26. The van der Waals surface area contributed by atoms with Gasteiger partial charge in [0.05, 0.1) is 0 Å². The minimum atomic E-state index is -4.52. The van der Waals surface area contributed by atoms with Gasteiger partial charge < -0.3 is 5.73 Å². The zero-order valence-corrected chi connectivity index (χ0v) is 10.5. The Morgan fingerprint density at radius 1 is 1.11 bits per heavy atom. The molecule has 2 aromatic rings. The minimum Gasteiger partial charge on any atom is -0.368 e. The van der Waals surface area contributed by atoms with Crippen LogP contribution in [-0.2, 0) is 6.18 Å². The van der Waals surface area contributed by atoms with Crippen LogP contribution < -0.4 is 5.73 Å². The standard InChI is InChI=1S/C10H8F3N5S/c1-19-9-17-7(16-8(14)18-9)5-3-2-4-6(15-5)10(11,12)13/h2-4H,1H3,(H2,14,16,17,18). The largest absolute Gasteiger partial charge is 0.433 e. The fourth-order valence-corrected chi connectivity index (χ4v) is 1.66. The number of halogens is 3. The van der Waals surface area contributed by atoms with E-state index in [9.17, 15) is 13.2 Å². The van der Waals surface area contributed by atoms with E-state index in [4.69, 9.17) is 5.73 Å². The predicted molar refractivity (Wildman–Crippen MR) is 64.3 cm³/mol. The summed E-state index contributed by atoms with van der Waals surface area (Å²) in [7, 11) is 0. The lowest BCUT2D eigenvalue weighted by atomic mass is 10.3. The molecule has 19 heavy (non-hydrogen) atoms. The molecular weight excluding hydrogens is 279 g/mol.